The number of hydrogen-bond acceptors (Lipinski definition) is 5. The number of aromatic amines is 1. The van der Waals surface area contributed by atoms with E-state index in [9.17, 15) is 9.59 Å². The smallest absolute Gasteiger partial charge is 0.343 e. The number of carbonyl (C=O) groups is 2. The molecule has 0 saturated heterocycles. The molecule has 5 rings (SSSR count). The van der Waals surface area contributed by atoms with E-state index in [1.54, 1.807) is 54.6 Å². The van der Waals surface area contributed by atoms with E-state index < -0.39 is 11.9 Å². The van der Waals surface area contributed by atoms with Crippen molar-refractivity contribution in [3.05, 3.63) is 117 Å². The third-order valence-corrected chi connectivity index (χ3v) is 6.81. The summed E-state index contributed by atoms with van der Waals surface area (Å²) in [6.45, 7) is 2.16. The van der Waals surface area contributed by atoms with Crippen LogP contribution in [0.5, 0.6) is 11.5 Å². The van der Waals surface area contributed by atoms with Crippen molar-refractivity contribution in [1.29, 1.82) is 0 Å². The van der Waals surface area contributed by atoms with Gasteiger partial charge in [-0.15, -0.1) is 0 Å². The molecule has 5 aromatic rings. The van der Waals surface area contributed by atoms with Crippen LogP contribution >= 0.6 is 34.8 Å². The Morgan fingerprint density at radius 1 is 0.902 bits per heavy atom. The lowest BCUT2D eigenvalue weighted by Gasteiger charge is -2.11. The minimum Gasteiger partial charge on any atom is -0.490 e. The Balaban J connectivity index is 1.37. The maximum atomic E-state index is 13.3. The molecule has 0 bridgehead atoms. The summed E-state index contributed by atoms with van der Waals surface area (Å²) in [5, 5.41) is 6.21. The van der Waals surface area contributed by atoms with Crippen molar-refractivity contribution in [2.24, 2.45) is 5.10 Å². The summed E-state index contributed by atoms with van der Waals surface area (Å²) >= 11 is 18.6. The average Bonchev–Trinajstić information content (AvgIpc) is 3.35. The average molecular weight is 607 g/mol. The van der Waals surface area contributed by atoms with Crippen LogP contribution in [0.1, 0.15) is 33.3 Å². The lowest BCUT2D eigenvalue weighted by molar-refractivity contribution is 0.0728. The van der Waals surface area contributed by atoms with Crippen LogP contribution < -0.4 is 14.9 Å². The fourth-order valence-corrected chi connectivity index (χ4v) is 4.89. The summed E-state index contributed by atoms with van der Waals surface area (Å²) in [4.78, 5) is 29.0. The van der Waals surface area contributed by atoms with Gasteiger partial charge in [-0.25, -0.2) is 10.2 Å². The largest absolute Gasteiger partial charge is 0.490 e. The molecule has 1 aromatic heterocycles. The van der Waals surface area contributed by atoms with Gasteiger partial charge in [-0.05, 0) is 72.6 Å². The summed E-state index contributed by atoms with van der Waals surface area (Å²) in [6, 6.07) is 24.1. The van der Waals surface area contributed by atoms with Crippen LogP contribution in [0, 0.1) is 0 Å². The molecule has 0 aliphatic rings. The number of hydrogen-bond donors (Lipinski definition) is 2. The number of amides is 1. The second-order valence-corrected chi connectivity index (χ2v) is 10.1. The van der Waals surface area contributed by atoms with Gasteiger partial charge < -0.3 is 14.5 Å². The Hall–Kier alpha value is -4.30. The van der Waals surface area contributed by atoms with E-state index in [0.29, 0.717) is 55.0 Å². The Morgan fingerprint density at radius 2 is 1.66 bits per heavy atom. The maximum absolute atomic E-state index is 13.3. The van der Waals surface area contributed by atoms with Crippen LogP contribution in [-0.2, 0) is 0 Å². The first-order valence-electron chi connectivity index (χ1n) is 12.5. The number of benzene rings is 4. The molecular formula is C31H22Cl3N3O4. The van der Waals surface area contributed by atoms with Gasteiger partial charge in [-0.1, -0.05) is 65.1 Å². The first-order valence-corrected chi connectivity index (χ1v) is 13.6. The van der Waals surface area contributed by atoms with Gasteiger partial charge in [-0.2, -0.15) is 5.10 Å². The van der Waals surface area contributed by atoms with Gasteiger partial charge in [0, 0.05) is 21.0 Å². The molecule has 0 saturated carbocycles. The molecule has 0 aliphatic heterocycles. The van der Waals surface area contributed by atoms with Gasteiger partial charge in [0.1, 0.15) is 5.69 Å². The fourth-order valence-electron chi connectivity index (χ4n) is 4.22. The van der Waals surface area contributed by atoms with Gasteiger partial charge in [0.05, 0.1) is 28.9 Å². The standard InChI is InChI=1S/C31H22Cl3N3O4/c1-2-40-26-14-18(8-13-25(26)41-31(39)20-9-11-21(32)12-10-20)17-35-37-30(38)29-27(19-6-4-3-5-7-19)23-15-22(33)16-24(34)28(23)36-29/h3-17,36H,2H2,1H3,(H,37,38). The van der Waals surface area contributed by atoms with Crippen molar-refractivity contribution in [3.8, 4) is 22.6 Å². The predicted molar refractivity (Wildman–Crippen MR) is 163 cm³/mol. The Bertz CT molecular complexity index is 1770. The maximum Gasteiger partial charge on any atom is 0.343 e. The van der Waals surface area contributed by atoms with Crippen molar-refractivity contribution < 1.29 is 19.1 Å². The molecule has 0 spiro atoms. The molecule has 4 aromatic carbocycles. The monoisotopic (exact) mass is 605 g/mol. The van der Waals surface area contributed by atoms with Crippen molar-refractivity contribution >= 4 is 63.8 Å². The van der Waals surface area contributed by atoms with Crippen molar-refractivity contribution in [3.63, 3.8) is 0 Å². The normalized spacial score (nSPS) is 11.1. The molecule has 206 valence electrons. The van der Waals surface area contributed by atoms with Crippen molar-refractivity contribution in [2.75, 3.05) is 6.61 Å². The fraction of sp³-hybridized carbons (Fsp3) is 0.0645. The molecule has 0 radical (unpaired) electrons. The lowest BCUT2D eigenvalue weighted by atomic mass is 10.0. The summed E-state index contributed by atoms with van der Waals surface area (Å²) in [6.07, 6.45) is 1.46. The molecular weight excluding hydrogens is 585 g/mol. The van der Waals surface area contributed by atoms with E-state index in [4.69, 9.17) is 44.3 Å². The number of nitrogens with one attached hydrogen (secondary N) is 2. The minimum absolute atomic E-state index is 0.245. The molecule has 1 amide bonds. The second kappa shape index (κ2) is 12.5. The molecule has 10 heteroatoms. The van der Waals surface area contributed by atoms with E-state index in [-0.39, 0.29) is 11.4 Å². The van der Waals surface area contributed by atoms with E-state index >= 15 is 0 Å². The van der Waals surface area contributed by atoms with Gasteiger partial charge in [0.15, 0.2) is 11.5 Å². The molecule has 7 nitrogen and oxygen atoms in total. The third-order valence-electron chi connectivity index (χ3n) is 6.04. The molecule has 0 aliphatic carbocycles. The van der Waals surface area contributed by atoms with Crippen LogP contribution in [-0.4, -0.2) is 29.7 Å². The van der Waals surface area contributed by atoms with E-state index in [2.05, 4.69) is 15.5 Å². The SMILES string of the molecule is CCOc1cc(C=NNC(=O)c2[nH]c3c(Cl)cc(Cl)cc3c2-c2ccccc2)ccc1OC(=O)c1ccc(Cl)cc1. The highest BCUT2D eigenvalue weighted by Crippen LogP contribution is 2.37. The molecule has 0 unspecified atom stereocenters. The second-order valence-electron chi connectivity index (χ2n) is 8.79. The number of hydrazone groups is 1. The molecule has 2 N–H and O–H groups in total. The first-order chi connectivity index (χ1) is 19.8. The Labute approximate surface area is 250 Å². The number of ether oxygens (including phenoxy) is 2. The molecule has 1 heterocycles. The molecule has 0 atom stereocenters. The van der Waals surface area contributed by atoms with Crippen LogP contribution in [0.25, 0.3) is 22.0 Å². The van der Waals surface area contributed by atoms with Crippen molar-refractivity contribution in [1.82, 2.24) is 10.4 Å². The quantitative estimate of drug-likeness (QED) is 0.0806. The highest BCUT2D eigenvalue weighted by Gasteiger charge is 2.21. The number of H-pyrrole nitrogens is 1. The highest BCUT2D eigenvalue weighted by atomic mass is 35.5. The third kappa shape index (κ3) is 6.38. The number of esters is 1. The van der Waals surface area contributed by atoms with Gasteiger partial charge in [-0.3, -0.25) is 4.79 Å². The minimum atomic E-state index is -0.551. The van der Waals surface area contributed by atoms with Gasteiger partial charge >= 0.3 is 5.97 Å². The molecule has 0 fully saturated rings. The zero-order chi connectivity index (χ0) is 28.9. The highest BCUT2D eigenvalue weighted by molar-refractivity contribution is 6.39. The number of halogens is 3. The summed E-state index contributed by atoms with van der Waals surface area (Å²) < 4.78 is 11.2. The number of nitrogens with zero attached hydrogens (tertiary/aromatic N) is 1. The number of fused-ring (bicyclic) bond motifs is 1. The predicted octanol–water partition coefficient (Wildman–Crippen LogP) is 8.18. The summed E-state index contributed by atoms with van der Waals surface area (Å²) in [7, 11) is 0. The Kier molecular flexibility index (Phi) is 8.59. The van der Waals surface area contributed by atoms with Crippen LogP contribution in [0.3, 0.4) is 0 Å². The summed E-state index contributed by atoms with van der Waals surface area (Å²) in [5.74, 6) is -0.431. The van der Waals surface area contributed by atoms with Crippen molar-refractivity contribution in [2.45, 2.75) is 6.92 Å². The van der Waals surface area contributed by atoms with E-state index in [1.807, 2.05) is 37.3 Å². The zero-order valence-corrected chi connectivity index (χ0v) is 23.8. The first kappa shape index (κ1) is 28.2. The number of rotatable bonds is 8. The molecule has 41 heavy (non-hydrogen) atoms. The van der Waals surface area contributed by atoms with E-state index in [1.165, 1.54) is 6.21 Å². The number of aromatic nitrogens is 1. The van der Waals surface area contributed by atoms with Crippen LogP contribution in [0.2, 0.25) is 15.1 Å². The van der Waals surface area contributed by atoms with E-state index in [0.717, 1.165) is 5.56 Å². The number of carbonyl (C=O) groups excluding carboxylic acids is 2. The van der Waals surface area contributed by atoms with Gasteiger partial charge in [0.25, 0.3) is 5.91 Å². The topological polar surface area (TPSA) is 92.8 Å². The lowest BCUT2D eigenvalue weighted by Crippen LogP contribution is -2.18. The zero-order valence-electron chi connectivity index (χ0n) is 21.6. The Morgan fingerprint density at radius 3 is 2.39 bits per heavy atom. The van der Waals surface area contributed by atoms with Crippen LogP contribution in [0.4, 0.5) is 0 Å². The summed E-state index contributed by atoms with van der Waals surface area (Å²) in [5.41, 5.74) is 5.87. The van der Waals surface area contributed by atoms with Gasteiger partial charge in [0.2, 0.25) is 0 Å². The van der Waals surface area contributed by atoms with Crippen LogP contribution in [0.15, 0.2) is 90.0 Å².